The maximum Gasteiger partial charge on any atom is 0.151 e. The molecule has 0 aromatic rings. The second-order valence-corrected chi connectivity index (χ2v) is 7.85. The quantitative estimate of drug-likeness (QED) is 0.678. The van der Waals surface area contributed by atoms with Gasteiger partial charge in [0.25, 0.3) is 0 Å². The maximum absolute atomic E-state index is 11.5. The molecule has 0 radical (unpaired) electrons. The van der Waals surface area contributed by atoms with Gasteiger partial charge >= 0.3 is 0 Å². The van der Waals surface area contributed by atoms with Crippen molar-refractivity contribution in [3.8, 4) is 0 Å². The van der Waals surface area contributed by atoms with E-state index in [1.807, 2.05) is 14.0 Å². The van der Waals surface area contributed by atoms with Crippen molar-refractivity contribution in [2.24, 2.45) is 0 Å². The lowest BCUT2D eigenvalue weighted by molar-refractivity contribution is 0.117. The molecule has 6 heteroatoms. The van der Waals surface area contributed by atoms with Gasteiger partial charge in [0.05, 0.1) is 23.7 Å². The number of nitrogens with zero attached hydrogens (tertiary/aromatic N) is 1. The van der Waals surface area contributed by atoms with Gasteiger partial charge in [-0.2, -0.15) is 0 Å². The molecule has 0 bridgehead atoms. The lowest BCUT2D eigenvalue weighted by Gasteiger charge is -2.35. The molecule has 0 aromatic heterocycles. The van der Waals surface area contributed by atoms with Crippen LogP contribution in [-0.2, 0) is 9.84 Å². The summed E-state index contributed by atoms with van der Waals surface area (Å²) < 4.78 is 22.9. The van der Waals surface area contributed by atoms with E-state index in [1.54, 1.807) is 0 Å². The predicted octanol–water partition coefficient (Wildman–Crippen LogP) is -0.144. The van der Waals surface area contributed by atoms with Gasteiger partial charge in [-0.05, 0) is 33.4 Å². The van der Waals surface area contributed by atoms with Gasteiger partial charge in [-0.25, -0.2) is 8.42 Å². The van der Waals surface area contributed by atoms with Gasteiger partial charge in [0, 0.05) is 12.6 Å². The average Bonchev–Trinajstić information content (AvgIpc) is 2.67. The van der Waals surface area contributed by atoms with Crippen LogP contribution in [-0.4, -0.2) is 68.3 Å². The van der Waals surface area contributed by atoms with E-state index in [1.165, 1.54) is 0 Å². The van der Waals surface area contributed by atoms with E-state index in [2.05, 4.69) is 17.1 Å². The van der Waals surface area contributed by atoms with Crippen molar-refractivity contribution >= 4 is 9.84 Å². The molecule has 0 amide bonds. The van der Waals surface area contributed by atoms with Gasteiger partial charge in [-0.1, -0.05) is 6.92 Å². The first-order valence-corrected chi connectivity index (χ1v) is 8.40. The summed E-state index contributed by atoms with van der Waals surface area (Å²) in [5, 5.41) is 12.8. The second kappa shape index (κ2) is 6.32. The molecule has 0 saturated carbocycles. The summed E-state index contributed by atoms with van der Waals surface area (Å²) >= 11 is 0. The molecule has 18 heavy (non-hydrogen) atoms. The van der Waals surface area contributed by atoms with Crippen LogP contribution in [0.2, 0.25) is 0 Å². The molecule has 1 aliphatic rings. The fraction of sp³-hybridized carbons (Fsp3) is 1.00. The Morgan fingerprint density at radius 3 is 2.61 bits per heavy atom. The summed E-state index contributed by atoms with van der Waals surface area (Å²) in [5.41, 5.74) is -0.364. The molecule has 108 valence electrons. The van der Waals surface area contributed by atoms with Crippen molar-refractivity contribution in [3.63, 3.8) is 0 Å². The Labute approximate surface area is 110 Å². The highest BCUT2D eigenvalue weighted by Gasteiger charge is 2.33. The third-order valence-corrected chi connectivity index (χ3v) is 5.33. The van der Waals surface area contributed by atoms with Crippen LogP contribution in [0.5, 0.6) is 0 Å². The van der Waals surface area contributed by atoms with Gasteiger partial charge in [0.1, 0.15) is 0 Å². The Bertz CT molecular complexity index is 358. The molecule has 2 N–H and O–H groups in total. The van der Waals surface area contributed by atoms with Crippen molar-refractivity contribution in [2.45, 2.75) is 38.3 Å². The first-order valence-electron chi connectivity index (χ1n) is 6.58. The number of rotatable bonds is 7. The molecule has 0 aliphatic carbocycles. The van der Waals surface area contributed by atoms with Crippen molar-refractivity contribution in [2.75, 3.05) is 38.2 Å². The average molecular weight is 278 g/mol. The predicted molar refractivity (Wildman–Crippen MR) is 73.5 cm³/mol. The topological polar surface area (TPSA) is 69.6 Å². The minimum Gasteiger partial charge on any atom is -0.394 e. The van der Waals surface area contributed by atoms with Crippen LogP contribution in [0.1, 0.15) is 26.7 Å². The summed E-state index contributed by atoms with van der Waals surface area (Å²) in [4.78, 5) is 2.06. The van der Waals surface area contributed by atoms with Gasteiger partial charge in [-0.15, -0.1) is 0 Å². The Morgan fingerprint density at radius 1 is 1.50 bits per heavy atom. The SMILES string of the molecule is CCCNC(C)(CO)CN(C)C1CCS(=O)(=O)C1. The molecule has 1 fully saturated rings. The van der Waals surface area contributed by atoms with Crippen molar-refractivity contribution in [3.05, 3.63) is 0 Å². The Hall–Kier alpha value is -0.170. The Morgan fingerprint density at radius 2 is 2.17 bits per heavy atom. The van der Waals surface area contributed by atoms with Gasteiger partial charge < -0.3 is 15.3 Å². The highest BCUT2D eigenvalue weighted by Crippen LogP contribution is 2.18. The highest BCUT2D eigenvalue weighted by molar-refractivity contribution is 7.91. The van der Waals surface area contributed by atoms with Crippen LogP contribution in [0.3, 0.4) is 0 Å². The van der Waals surface area contributed by atoms with Gasteiger partial charge in [0.15, 0.2) is 9.84 Å². The van der Waals surface area contributed by atoms with Crippen LogP contribution in [0.25, 0.3) is 0 Å². The first kappa shape index (κ1) is 15.9. The summed E-state index contributed by atoms with van der Waals surface area (Å²) in [6, 6.07) is 0.0873. The lowest BCUT2D eigenvalue weighted by atomic mass is 10.0. The zero-order valence-corrected chi connectivity index (χ0v) is 12.5. The van der Waals surface area contributed by atoms with E-state index >= 15 is 0 Å². The minimum atomic E-state index is -2.84. The van der Waals surface area contributed by atoms with Crippen molar-refractivity contribution in [1.29, 1.82) is 0 Å². The third kappa shape index (κ3) is 4.50. The first-order chi connectivity index (χ1) is 8.32. The molecule has 1 aliphatic heterocycles. The van der Waals surface area contributed by atoms with E-state index in [0.717, 1.165) is 13.0 Å². The molecule has 1 rings (SSSR count). The zero-order valence-electron chi connectivity index (χ0n) is 11.6. The van der Waals surface area contributed by atoms with Crippen LogP contribution >= 0.6 is 0 Å². The number of aliphatic hydroxyl groups is 1. The number of hydrogen-bond donors (Lipinski definition) is 2. The van der Waals surface area contributed by atoms with Crippen LogP contribution in [0.15, 0.2) is 0 Å². The number of aliphatic hydroxyl groups excluding tert-OH is 1. The normalized spacial score (nSPS) is 26.4. The molecular weight excluding hydrogens is 252 g/mol. The van der Waals surface area contributed by atoms with Crippen LogP contribution in [0.4, 0.5) is 0 Å². The smallest absolute Gasteiger partial charge is 0.151 e. The molecule has 0 spiro atoms. The minimum absolute atomic E-state index is 0.0524. The van der Waals surface area contributed by atoms with E-state index < -0.39 is 9.84 Å². The van der Waals surface area contributed by atoms with Gasteiger partial charge in [-0.3, -0.25) is 0 Å². The van der Waals surface area contributed by atoms with E-state index in [0.29, 0.717) is 18.7 Å². The molecule has 5 nitrogen and oxygen atoms in total. The van der Waals surface area contributed by atoms with E-state index in [9.17, 15) is 13.5 Å². The molecule has 2 unspecified atom stereocenters. The molecule has 1 saturated heterocycles. The van der Waals surface area contributed by atoms with Gasteiger partial charge in [0.2, 0.25) is 0 Å². The monoisotopic (exact) mass is 278 g/mol. The van der Waals surface area contributed by atoms with Crippen molar-refractivity contribution < 1.29 is 13.5 Å². The number of likely N-dealkylation sites (N-methyl/N-ethyl adjacent to an activating group) is 1. The summed E-state index contributed by atoms with van der Waals surface area (Å²) in [6.07, 6.45) is 1.71. The Kier molecular flexibility index (Phi) is 5.58. The molecular formula is C12H26N2O3S. The number of hydrogen-bond acceptors (Lipinski definition) is 5. The fourth-order valence-electron chi connectivity index (χ4n) is 2.39. The molecule has 0 aromatic carbocycles. The van der Waals surface area contributed by atoms with E-state index in [4.69, 9.17) is 0 Å². The molecule has 2 atom stereocenters. The zero-order chi connectivity index (χ0) is 13.8. The van der Waals surface area contributed by atoms with Crippen LogP contribution in [0, 0.1) is 0 Å². The standard InChI is InChI=1S/C12H26N2O3S/c1-4-6-13-12(2,10-15)9-14(3)11-5-7-18(16,17)8-11/h11,13,15H,4-10H2,1-3H3. The third-order valence-electron chi connectivity index (χ3n) is 3.58. The largest absolute Gasteiger partial charge is 0.394 e. The molecule has 1 heterocycles. The fourth-order valence-corrected chi connectivity index (χ4v) is 4.20. The number of nitrogens with one attached hydrogen (secondary N) is 1. The lowest BCUT2D eigenvalue weighted by Crippen LogP contribution is -2.55. The van der Waals surface area contributed by atoms with E-state index in [-0.39, 0.29) is 23.9 Å². The maximum atomic E-state index is 11.5. The Balaban J connectivity index is 2.54. The highest BCUT2D eigenvalue weighted by atomic mass is 32.2. The second-order valence-electron chi connectivity index (χ2n) is 5.62. The summed E-state index contributed by atoms with van der Waals surface area (Å²) in [6.45, 7) is 5.62. The summed E-state index contributed by atoms with van der Waals surface area (Å²) in [5.74, 6) is 0.541. The van der Waals surface area contributed by atoms with Crippen molar-refractivity contribution in [1.82, 2.24) is 10.2 Å². The summed E-state index contributed by atoms with van der Waals surface area (Å²) in [7, 11) is -0.907. The van der Waals surface area contributed by atoms with Crippen LogP contribution < -0.4 is 5.32 Å². The number of sulfone groups is 1.